The van der Waals surface area contributed by atoms with Crippen LogP contribution in [0, 0.1) is 11.6 Å². The predicted molar refractivity (Wildman–Crippen MR) is 71.1 cm³/mol. The minimum absolute atomic E-state index is 0.233. The topological polar surface area (TPSA) is 26.0 Å². The molecule has 2 aromatic carbocycles. The largest absolute Gasteiger partial charge is 0.324 e. The summed E-state index contributed by atoms with van der Waals surface area (Å²) in [7, 11) is 0. The SMILES string of the molecule is NC(Cc1ccc(F)c(F)c1)c1ccc(Br)cc1. The Morgan fingerprint density at radius 1 is 1.00 bits per heavy atom. The molecule has 0 bridgehead atoms. The molecule has 0 aromatic heterocycles. The van der Waals surface area contributed by atoms with Crippen molar-refractivity contribution in [2.45, 2.75) is 12.5 Å². The molecule has 0 amide bonds. The van der Waals surface area contributed by atoms with Crippen LogP contribution >= 0.6 is 15.9 Å². The van der Waals surface area contributed by atoms with E-state index in [0.717, 1.165) is 16.1 Å². The summed E-state index contributed by atoms with van der Waals surface area (Å²) in [6.45, 7) is 0. The third-order valence-corrected chi connectivity index (χ3v) is 3.27. The Kier molecular flexibility index (Phi) is 4.09. The zero-order valence-electron chi connectivity index (χ0n) is 9.54. The Morgan fingerprint density at radius 2 is 1.67 bits per heavy atom. The van der Waals surface area contributed by atoms with Gasteiger partial charge in [0.1, 0.15) is 0 Å². The van der Waals surface area contributed by atoms with Crippen molar-refractivity contribution in [3.8, 4) is 0 Å². The second kappa shape index (κ2) is 5.59. The third-order valence-electron chi connectivity index (χ3n) is 2.74. The highest BCUT2D eigenvalue weighted by molar-refractivity contribution is 9.10. The van der Waals surface area contributed by atoms with Crippen LogP contribution in [0.2, 0.25) is 0 Å². The first-order chi connectivity index (χ1) is 8.56. The quantitative estimate of drug-likeness (QED) is 0.912. The zero-order chi connectivity index (χ0) is 13.1. The van der Waals surface area contributed by atoms with Crippen LogP contribution < -0.4 is 5.73 Å². The van der Waals surface area contributed by atoms with E-state index in [2.05, 4.69) is 15.9 Å². The summed E-state index contributed by atoms with van der Waals surface area (Å²) >= 11 is 3.35. The van der Waals surface area contributed by atoms with E-state index in [1.165, 1.54) is 6.07 Å². The number of nitrogens with two attached hydrogens (primary N) is 1. The van der Waals surface area contributed by atoms with Crippen molar-refractivity contribution >= 4 is 15.9 Å². The second-order valence-electron chi connectivity index (χ2n) is 4.11. The van der Waals surface area contributed by atoms with Crippen LogP contribution in [0.1, 0.15) is 17.2 Å². The van der Waals surface area contributed by atoms with Gasteiger partial charge in [-0.15, -0.1) is 0 Å². The second-order valence-corrected chi connectivity index (χ2v) is 5.03. The van der Waals surface area contributed by atoms with Crippen LogP contribution in [0.3, 0.4) is 0 Å². The van der Waals surface area contributed by atoms with E-state index >= 15 is 0 Å². The fraction of sp³-hybridized carbons (Fsp3) is 0.143. The molecule has 0 saturated heterocycles. The lowest BCUT2D eigenvalue weighted by Gasteiger charge is -2.12. The van der Waals surface area contributed by atoms with E-state index in [0.29, 0.717) is 12.0 Å². The van der Waals surface area contributed by atoms with E-state index in [4.69, 9.17) is 5.73 Å². The highest BCUT2D eigenvalue weighted by atomic mass is 79.9. The maximum Gasteiger partial charge on any atom is 0.159 e. The molecule has 0 spiro atoms. The standard InChI is InChI=1S/C14H12BrF2N/c15-11-4-2-10(3-5-11)14(18)8-9-1-6-12(16)13(17)7-9/h1-7,14H,8,18H2. The van der Waals surface area contributed by atoms with E-state index in [-0.39, 0.29) is 6.04 Å². The Morgan fingerprint density at radius 3 is 2.28 bits per heavy atom. The molecule has 0 saturated carbocycles. The van der Waals surface area contributed by atoms with Crippen LogP contribution in [0.15, 0.2) is 46.9 Å². The van der Waals surface area contributed by atoms with Gasteiger partial charge in [0.05, 0.1) is 0 Å². The maximum atomic E-state index is 13.1. The molecule has 2 N–H and O–H groups in total. The van der Waals surface area contributed by atoms with Gasteiger partial charge >= 0.3 is 0 Å². The van der Waals surface area contributed by atoms with Gasteiger partial charge in [-0.05, 0) is 41.8 Å². The van der Waals surface area contributed by atoms with Gasteiger partial charge < -0.3 is 5.73 Å². The average molecular weight is 312 g/mol. The lowest BCUT2D eigenvalue weighted by atomic mass is 10.00. The van der Waals surface area contributed by atoms with E-state index < -0.39 is 11.6 Å². The van der Waals surface area contributed by atoms with Crippen molar-refractivity contribution in [2.24, 2.45) is 5.73 Å². The molecular weight excluding hydrogens is 300 g/mol. The van der Waals surface area contributed by atoms with Crippen LogP contribution in [0.4, 0.5) is 8.78 Å². The minimum atomic E-state index is -0.837. The summed E-state index contributed by atoms with van der Waals surface area (Å²) in [6.07, 6.45) is 0.471. The van der Waals surface area contributed by atoms with Crippen molar-refractivity contribution in [3.63, 3.8) is 0 Å². The van der Waals surface area contributed by atoms with E-state index in [1.807, 2.05) is 24.3 Å². The average Bonchev–Trinajstić information content (AvgIpc) is 2.34. The normalized spacial score (nSPS) is 12.4. The van der Waals surface area contributed by atoms with Gasteiger partial charge in [-0.3, -0.25) is 0 Å². The molecule has 0 aliphatic carbocycles. The molecule has 2 aromatic rings. The Balaban J connectivity index is 2.13. The number of halogens is 3. The molecular formula is C14H12BrF2N. The molecule has 0 radical (unpaired) electrons. The molecule has 0 aliphatic rings. The molecule has 0 aliphatic heterocycles. The van der Waals surface area contributed by atoms with Crippen molar-refractivity contribution in [1.82, 2.24) is 0 Å². The van der Waals surface area contributed by atoms with Gasteiger partial charge in [0.25, 0.3) is 0 Å². The van der Waals surface area contributed by atoms with E-state index in [9.17, 15) is 8.78 Å². The van der Waals surface area contributed by atoms with Gasteiger partial charge in [0, 0.05) is 10.5 Å². The van der Waals surface area contributed by atoms with Crippen molar-refractivity contribution in [3.05, 3.63) is 69.7 Å². The van der Waals surface area contributed by atoms with Crippen LogP contribution in [0.25, 0.3) is 0 Å². The molecule has 0 fully saturated rings. The molecule has 1 unspecified atom stereocenters. The van der Waals surface area contributed by atoms with Crippen molar-refractivity contribution in [2.75, 3.05) is 0 Å². The summed E-state index contributed by atoms with van der Waals surface area (Å²) in [6, 6.07) is 11.3. The summed E-state index contributed by atoms with van der Waals surface area (Å²) < 4.78 is 26.8. The lowest BCUT2D eigenvalue weighted by Crippen LogP contribution is -2.13. The van der Waals surface area contributed by atoms with Gasteiger partial charge in [0.15, 0.2) is 11.6 Å². The lowest BCUT2D eigenvalue weighted by molar-refractivity contribution is 0.506. The first-order valence-corrected chi connectivity index (χ1v) is 6.30. The molecule has 4 heteroatoms. The summed E-state index contributed by atoms with van der Waals surface area (Å²) in [4.78, 5) is 0. The monoisotopic (exact) mass is 311 g/mol. The highest BCUT2D eigenvalue weighted by Crippen LogP contribution is 2.19. The molecule has 18 heavy (non-hydrogen) atoms. The molecule has 2 rings (SSSR count). The van der Waals surface area contributed by atoms with Gasteiger partial charge in [-0.2, -0.15) is 0 Å². The van der Waals surface area contributed by atoms with Crippen LogP contribution in [0.5, 0.6) is 0 Å². The third kappa shape index (κ3) is 3.15. The van der Waals surface area contributed by atoms with Crippen molar-refractivity contribution in [1.29, 1.82) is 0 Å². The Bertz CT molecular complexity index is 540. The Labute approximate surface area is 113 Å². The zero-order valence-corrected chi connectivity index (χ0v) is 11.1. The summed E-state index contributed by atoms with van der Waals surface area (Å²) in [5.41, 5.74) is 7.68. The maximum absolute atomic E-state index is 13.1. The smallest absolute Gasteiger partial charge is 0.159 e. The van der Waals surface area contributed by atoms with E-state index in [1.54, 1.807) is 6.07 Å². The molecule has 0 heterocycles. The van der Waals surface area contributed by atoms with Crippen LogP contribution in [-0.4, -0.2) is 0 Å². The fourth-order valence-electron chi connectivity index (χ4n) is 1.75. The first kappa shape index (κ1) is 13.2. The Hall–Kier alpha value is -1.26. The fourth-order valence-corrected chi connectivity index (χ4v) is 2.01. The predicted octanol–water partition coefficient (Wildman–Crippen LogP) is 3.97. The minimum Gasteiger partial charge on any atom is -0.324 e. The van der Waals surface area contributed by atoms with Gasteiger partial charge in [-0.25, -0.2) is 8.78 Å². The summed E-state index contributed by atoms with van der Waals surface area (Å²) in [5.74, 6) is -1.67. The molecule has 1 atom stereocenters. The highest BCUT2D eigenvalue weighted by Gasteiger charge is 2.09. The molecule has 94 valence electrons. The number of rotatable bonds is 3. The van der Waals surface area contributed by atoms with Crippen molar-refractivity contribution < 1.29 is 8.78 Å². The van der Waals surface area contributed by atoms with Gasteiger partial charge in [0.2, 0.25) is 0 Å². The molecule has 1 nitrogen and oxygen atoms in total. The number of benzene rings is 2. The summed E-state index contributed by atoms with van der Waals surface area (Å²) in [5, 5.41) is 0. The van der Waals surface area contributed by atoms with Crippen LogP contribution in [-0.2, 0) is 6.42 Å². The first-order valence-electron chi connectivity index (χ1n) is 5.51. The number of hydrogen-bond donors (Lipinski definition) is 1. The number of hydrogen-bond acceptors (Lipinski definition) is 1. The van der Waals surface area contributed by atoms with Gasteiger partial charge in [-0.1, -0.05) is 34.1 Å².